The van der Waals surface area contributed by atoms with E-state index in [0.717, 1.165) is 0 Å². The van der Waals surface area contributed by atoms with Crippen LogP contribution in [-0.2, 0) is 11.3 Å². The summed E-state index contributed by atoms with van der Waals surface area (Å²) in [5, 5.41) is 7.66. The van der Waals surface area contributed by atoms with E-state index in [1.54, 1.807) is 48.9 Å². The lowest BCUT2D eigenvalue weighted by molar-refractivity contribution is -0.120. The largest absolute Gasteiger partial charge is 0.368 e. The molecule has 1 heterocycles. The highest BCUT2D eigenvalue weighted by Crippen LogP contribution is 2.21. The molecule has 140 valence electrons. The number of aromatic nitrogens is 2. The van der Waals surface area contributed by atoms with Gasteiger partial charge in [-0.1, -0.05) is 50.2 Å². The standard InChI is InChI=1S/C20H21FN4O2/c1-12(2)17(19(22)26)23-20(27)18-14-8-4-6-10-16(14)25(24-18)11-13-7-3-5-9-15(13)21/h3-10,12,17H,11H2,1-2H3,(H2,22,26)(H,23,27)/t17-/m1/s1. The number of carbonyl (C=O) groups excluding carboxylic acids is 2. The summed E-state index contributed by atoms with van der Waals surface area (Å²) in [6, 6.07) is 12.8. The van der Waals surface area contributed by atoms with Gasteiger partial charge in [-0.3, -0.25) is 14.3 Å². The third kappa shape index (κ3) is 3.81. The van der Waals surface area contributed by atoms with Crippen molar-refractivity contribution in [2.24, 2.45) is 11.7 Å². The van der Waals surface area contributed by atoms with Gasteiger partial charge in [0.25, 0.3) is 5.91 Å². The van der Waals surface area contributed by atoms with Crippen LogP contribution in [0.5, 0.6) is 0 Å². The molecule has 1 aromatic heterocycles. The summed E-state index contributed by atoms with van der Waals surface area (Å²) in [6.45, 7) is 3.78. The Balaban J connectivity index is 1.98. The number of benzene rings is 2. The number of rotatable bonds is 6. The van der Waals surface area contributed by atoms with Crippen LogP contribution in [0.25, 0.3) is 10.9 Å². The molecule has 0 saturated carbocycles. The van der Waals surface area contributed by atoms with E-state index < -0.39 is 17.9 Å². The number of amides is 2. The van der Waals surface area contributed by atoms with Crippen LogP contribution >= 0.6 is 0 Å². The first-order valence-electron chi connectivity index (χ1n) is 8.67. The van der Waals surface area contributed by atoms with Crippen LogP contribution in [0.1, 0.15) is 29.9 Å². The Labute approximate surface area is 156 Å². The van der Waals surface area contributed by atoms with E-state index in [2.05, 4.69) is 10.4 Å². The lowest BCUT2D eigenvalue weighted by Crippen LogP contribution is -2.47. The topological polar surface area (TPSA) is 90.0 Å². The van der Waals surface area contributed by atoms with Crippen molar-refractivity contribution in [1.29, 1.82) is 0 Å². The van der Waals surface area contributed by atoms with E-state index in [1.165, 1.54) is 6.07 Å². The summed E-state index contributed by atoms with van der Waals surface area (Å²) in [5.74, 6) is -1.58. The summed E-state index contributed by atoms with van der Waals surface area (Å²) < 4.78 is 15.6. The molecule has 3 N–H and O–H groups in total. The second-order valence-corrected chi connectivity index (χ2v) is 6.71. The lowest BCUT2D eigenvalue weighted by atomic mass is 10.0. The molecule has 27 heavy (non-hydrogen) atoms. The van der Waals surface area contributed by atoms with Crippen molar-refractivity contribution in [3.05, 3.63) is 65.6 Å². The Morgan fingerprint density at radius 1 is 1.15 bits per heavy atom. The maximum atomic E-state index is 14.0. The number of nitrogens with one attached hydrogen (secondary N) is 1. The van der Waals surface area contributed by atoms with Gasteiger partial charge in [0.2, 0.25) is 5.91 Å². The number of halogens is 1. The van der Waals surface area contributed by atoms with Crippen molar-refractivity contribution in [2.45, 2.75) is 26.4 Å². The van der Waals surface area contributed by atoms with E-state index in [1.807, 2.05) is 12.1 Å². The fourth-order valence-corrected chi connectivity index (χ4v) is 2.98. The molecule has 0 spiro atoms. The molecule has 2 aromatic carbocycles. The number of primary amides is 1. The molecule has 3 rings (SSSR count). The van der Waals surface area contributed by atoms with E-state index in [0.29, 0.717) is 16.5 Å². The molecule has 0 aliphatic carbocycles. The zero-order chi connectivity index (χ0) is 19.6. The van der Waals surface area contributed by atoms with Crippen LogP contribution in [0.2, 0.25) is 0 Å². The number of hydrogen-bond acceptors (Lipinski definition) is 3. The van der Waals surface area contributed by atoms with Crippen LogP contribution in [0.3, 0.4) is 0 Å². The number of hydrogen-bond donors (Lipinski definition) is 2. The Kier molecular flexibility index (Phi) is 5.21. The summed E-state index contributed by atoms with van der Waals surface area (Å²) in [6.07, 6.45) is 0. The van der Waals surface area contributed by atoms with Gasteiger partial charge in [0.1, 0.15) is 11.9 Å². The molecule has 0 aliphatic rings. The molecule has 7 heteroatoms. The van der Waals surface area contributed by atoms with Gasteiger partial charge in [-0.25, -0.2) is 4.39 Å². The summed E-state index contributed by atoms with van der Waals surface area (Å²) in [4.78, 5) is 24.3. The average molecular weight is 368 g/mol. The van der Waals surface area contributed by atoms with Gasteiger partial charge in [-0.15, -0.1) is 0 Å². The number of para-hydroxylation sites is 1. The zero-order valence-electron chi connectivity index (χ0n) is 15.1. The van der Waals surface area contributed by atoms with Gasteiger partial charge in [-0.05, 0) is 18.1 Å². The minimum Gasteiger partial charge on any atom is -0.368 e. The first-order valence-corrected chi connectivity index (χ1v) is 8.67. The zero-order valence-corrected chi connectivity index (χ0v) is 15.1. The summed E-state index contributed by atoms with van der Waals surface area (Å²) in [7, 11) is 0. The van der Waals surface area contributed by atoms with Gasteiger partial charge >= 0.3 is 0 Å². The maximum absolute atomic E-state index is 14.0. The molecule has 0 bridgehead atoms. The van der Waals surface area contributed by atoms with Crippen molar-refractivity contribution in [2.75, 3.05) is 0 Å². The molecular formula is C20H21FN4O2. The maximum Gasteiger partial charge on any atom is 0.273 e. The molecule has 0 unspecified atom stereocenters. The number of nitrogens with zero attached hydrogens (tertiary/aromatic N) is 2. The Hall–Kier alpha value is -3.22. The van der Waals surface area contributed by atoms with Crippen LogP contribution in [-0.4, -0.2) is 27.6 Å². The molecule has 0 saturated heterocycles. The highest BCUT2D eigenvalue weighted by Gasteiger charge is 2.25. The highest BCUT2D eigenvalue weighted by atomic mass is 19.1. The first-order chi connectivity index (χ1) is 12.9. The first kappa shape index (κ1) is 18.6. The quantitative estimate of drug-likeness (QED) is 0.700. The minimum atomic E-state index is -0.798. The second-order valence-electron chi connectivity index (χ2n) is 6.71. The van der Waals surface area contributed by atoms with E-state index in [4.69, 9.17) is 5.73 Å². The third-order valence-corrected chi connectivity index (χ3v) is 4.41. The van der Waals surface area contributed by atoms with Gasteiger partial charge in [0.15, 0.2) is 5.69 Å². The van der Waals surface area contributed by atoms with Crippen molar-refractivity contribution in [3.8, 4) is 0 Å². The molecule has 6 nitrogen and oxygen atoms in total. The SMILES string of the molecule is CC(C)[C@@H](NC(=O)c1nn(Cc2ccccc2F)c2ccccc12)C(N)=O. The van der Waals surface area contributed by atoms with Gasteiger partial charge in [0, 0.05) is 10.9 Å². The smallest absolute Gasteiger partial charge is 0.273 e. The van der Waals surface area contributed by atoms with Gasteiger partial charge in [-0.2, -0.15) is 5.10 Å². The van der Waals surface area contributed by atoms with Crippen molar-refractivity contribution in [1.82, 2.24) is 15.1 Å². The van der Waals surface area contributed by atoms with Crippen molar-refractivity contribution < 1.29 is 14.0 Å². The Morgan fingerprint density at radius 3 is 2.48 bits per heavy atom. The number of nitrogens with two attached hydrogens (primary N) is 1. The van der Waals surface area contributed by atoms with Gasteiger partial charge in [0.05, 0.1) is 12.1 Å². The second kappa shape index (κ2) is 7.57. The normalized spacial score (nSPS) is 12.3. The van der Waals surface area contributed by atoms with Crippen LogP contribution < -0.4 is 11.1 Å². The molecule has 1 atom stereocenters. The van der Waals surface area contributed by atoms with Crippen LogP contribution in [0, 0.1) is 11.7 Å². The molecule has 0 radical (unpaired) electrons. The third-order valence-electron chi connectivity index (χ3n) is 4.41. The van der Waals surface area contributed by atoms with E-state index in [9.17, 15) is 14.0 Å². The van der Waals surface area contributed by atoms with Crippen LogP contribution in [0.15, 0.2) is 48.5 Å². The van der Waals surface area contributed by atoms with Crippen molar-refractivity contribution in [3.63, 3.8) is 0 Å². The average Bonchev–Trinajstić information content (AvgIpc) is 3.00. The summed E-state index contributed by atoms with van der Waals surface area (Å²) in [5.41, 5.74) is 6.72. The molecular weight excluding hydrogens is 347 g/mol. The molecule has 2 amide bonds. The number of fused-ring (bicyclic) bond motifs is 1. The predicted octanol–water partition coefficient (Wildman–Crippen LogP) is 2.46. The van der Waals surface area contributed by atoms with Crippen LogP contribution in [0.4, 0.5) is 4.39 Å². The van der Waals surface area contributed by atoms with Gasteiger partial charge < -0.3 is 11.1 Å². The fraction of sp³-hybridized carbons (Fsp3) is 0.250. The monoisotopic (exact) mass is 368 g/mol. The number of carbonyl (C=O) groups is 2. The Morgan fingerprint density at radius 2 is 1.81 bits per heavy atom. The lowest BCUT2D eigenvalue weighted by Gasteiger charge is -2.18. The predicted molar refractivity (Wildman–Crippen MR) is 101 cm³/mol. The van der Waals surface area contributed by atoms with Crippen molar-refractivity contribution >= 4 is 22.7 Å². The molecule has 3 aromatic rings. The molecule has 0 aliphatic heterocycles. The molecule has 0 fully saturated rings. The van der Waals surface area contributed by atoms with E-state index >= 15 is 0 Å². The van der Waals surface area contributed by atoms with E-state index in [-0.39, 0.29) is 24.0 Å². The Bertz CT molecular complexity index is 997. The minimum absolute atomic E-state index is 0.154. The highest BCUT2D eigenvalue weighted by molar-refractivity contribution is 6.06. The summed E-state index contributed by atoms with van der Waals surface area (Å²) >= 11 is 0. The fourth-order valence-electron chi connectivity index (χ4n) is 2.98.